The first-order valence-electron chi connectivity index (χ1n) is 24.3. The number of aromatic nitrogens is 6. The summed E-state index contributed by atoms with van der Waals surface area (Å²) in [6.45, 7) is 12.4. The second-order valence-corrected chi connectivity index (χ2v) is 23.1. The summed E-state index contributed by atoms with van der Waals surface area (Å²) in [5.41, 5.74) is 6.92. The number of imide groups is 1. The van der Waals surface area contributed by atoms with Gasteiger partial charge in [-0.3, -0.25) is 39.3 Å². The van der Waals surface area contributed by atoms with E-state index in [2.05, 4.69) is 103 Å². The number of carbonyl (C=O) groups is 3. The number of rotatable bonds is 12. The Balaban J connectivity index is 0.720. The molecule has 6 aromatic rings. The largest absolute Gasteiger partial charge is 0.494 e. The van der Waals surface area contributed by atoms with Crippen molar-refractivity contribution in [2.75, 3.05) is 93.2 Å². The average molecular weight is 1030 g/mol. The fourth-order valence-corrected chi connectivity index (χ4v) is 12.3. The molecule has 0 bridgehead atoms. The van der Waals surface area contributed by atoms with Gasteiger partial charge in [0.15, 0.2) is 0 Å². The number of anilines is 6. The zero-order chi connectivity index (χ0) is 48.7. The van der Waals surface area contributed by atoms with E-state index >= 15 is 0 Å². The van der Waals surface area contributed by atoms with Crippen LogP contribution in [0.4, 0.5) is 34.5 Å². The van der Waals surface area contributed by atoms with Crippen molar-refractivity contribution in [3.63, 3.8) is 0 Å². The van der Waals surface area contributed by atoms with Gasteiger partial charge in [-0.25, -0.2) is 4.98 Å². The molecule has 1 unspecified atom stereocenters. The summed E-state index contributed by atoms with van der Waals surface area (Å²) >= 11 is 3.60. The molecule has 4 aliphatic heterocycles. The van der Waals surface area contributed by atoms with Crippen molar-refractivity contribution in [3.05, 3.63) is 77.3 Å². The van der Waals surface area contributed by atoms with Crippen molar-refractivity contribution in [2.24, 2.45) is 5.92 Å². The molecule has 70 heavy (non-hydrogen) atoms. The van der Waals surface area contributed by atoms with Crippen molar-refractivity contribution in [2.45, 2.75) is 64.0 Å². The van der Waals surface area contributed by atoms with E-state index < -0.39 is 13.2 Å². The van der Waals surface area contributed by atoms with Crippen LogP contribution in [0, 0.1) is 5.92 Å². The molecule has 7 heterocycles. The highest BCUT2D eigenvalue weighted by atomic mass is 79.9. The average Bonchev–Trinajstić information content (AvgIpc) is 3.80. The fourth-order valence-electron chi connectivity index (χ4n) is 10.6. The van der Waals surface area contributed by atoms with E-state index in [1.165, 1.54) is 11.3 Å². The number of nitrogens with one attached hydrogen (secondary N) is 3. The van der Waals surface area contributed by atoms with Crippen LogP contribution >= 0.6 is 23.1 Å². The van der Waals surface area contributed by atoms with Crippen molar-refractivity contribution < 1.29 is 23.7 Å². The minimum atomic E-state index is -2.78. The van der Waals surface area contributed by atoms with Crippen molar-refractivity contribution in [3.8, 4) is 5.75 Å². The first-order chi connectivity index (χ1) is 33.8. The minimum absolute atomic E-state index is 0.0260. The third-order valence-corrected chi connectivity index (χ3v) is 16.5. The van der Waals surface area contributed by atoms with Gasteiger partial charge >= 0.3 is 0 Å². The number of aryl methyl sites for hydroxylation is 1. The smallest absolute Gasteiger partial charge is 0.251 e. The predicted molar refractivity (Wildman–Crippen MR) is 277 cm³/mol. The summed E-state index contributed by atoms with van der Waals surface area (Å²) in [6, 6.07) is 14.1. The van der Waals surface area contributed by atoms with Crippen LogP contribution in [0.3, 0.4) is 0 Å². The van der Waals surface area contributed by atoms with Gasteiger partial charge in [0.2, 0.25) is 17.8 Å². The number of fused-ring (bicyclic) bond motifs is 2. The molecule has 20 heteroatoms. The highest BCUT2D eigenvalue weighted by Gasteiger charge is 2.34. The molecule has 4 saturated heterocycles. The van der Waals surface area contributed by atoms with Crippen LogP contribution in [0.15, 0.2) is 71.7 Å². The summed E-state index contributed by atoms with van der Waals surface area (Å²) in [6.07, 6.45) is 12.1. The van der Waals surface area contributed by atoms with Crippen LogP contribution in [0.5, 0.6) is 5.75 Å². The summed E-state index contributed by atoms with van der Waals surface area (Å²) in [7, 11) is -1.11. The number of piperazine rings is 1. The number of carbonyl (C=O) groups excluding carboxylic acids is 3. The zero-order valence-electron chi connectivity index (χ0n) is 40.0. The number of piperidine rings is 3. The number of methoxy groups -OCH3 is 1. The third kappa shape index (κ3) is 9.80. The van der Waals surface area contributed by atoms with Gasteiger partial charge in [-0.05, 0) is 110 Å². The normalized spacial score (nSPS) is 18.9. The van der Waals surface area contributed by atoms with E-state index in [-0.39, 0.29) is 23.6 Å². The van der Waals surface area contributed by atoms with Gasteiger partial charge in [0.25, 0.3) is 5.91 Å². The highest BCUT2D eigenvalue weighted by molar-refractivity contribution is 9.10. The minimum Gasteiger partial charge on any atom is -0.494 e. The Morgan fingerprint density at radius 3 is 2.33 bits per heavy atom. The lowest BCUT2D eigenvalue weighted by molar-refractivity contribution is -0.138. The molecule has 10 rings (SSSR count). The molecular weight excluding hydrogens is 974 g/mol. The molecule has 0 aliphatic carbocycles. The molecule has 4 aliphatic rings. The molecule has 4 fully saturated rings. The molecule has 18 nitrogen and oxygen atoms in total. The molecule has 0 saturated carbocycles. The van der Waals surface area contributed by atoms with Crippen molar-refractivity contribution in [1.82, 2.24) is 44.8 Å². The molecule has 3 amide bonds. The molecule has 0 spiro atoms. The number of benzene rings is 3. The Bertz CT molecular complexity index is 3010. The third-order valence-electron chi connectivity index (χ3n) is 14.4. The lowest BCUT2D eigenvalue weighted by Crippen LogP contribution is -2.55. The van der Waals surface area contributed by atoms with Crippen LogP contribution in [-0.4, -0.2) is 136 Å². The fraction of sp³-hybridized carbons (Fsp3) is 0.440. The van der Waals surface area contributed by atoms with Crippen molar-refractivity contribution >= 4 is 103 Å². The molecule has 3 aromatic heterocycles. The van der Waals surface area contributed by atoms with Crippen LogP contribution < -0.4 is 35.8 Å². The van der Waals surface area contributed by atoms with Gasteiger partial charge in [0.05, 0.1) is 39.3 Å². The summed E-state index contributed by atoms with van der Waals surface area (Å²) in [5.74, 6) is 1.33. The maximum absolute atomic E-state index is 13.8. The molecule has 1 atom stereocenters. The van der Waals surface area contributed by atoms with Crippen LogP contribution in [-0.2, 0) is 25.4 Å². The molecular formula is C50H59BrN13O5P. The number of ether oxygens (including phenoxy) is 1. The van der Waals surface area contributed by atoms with Gasteiger partial charge < -0.3 is 34.6 Å². The maximum atomic E-state index is 13.8. The van der Waals surface area contributed by atoms with E-state index in [0.717, 1.165) is 107 Å². The second-order valence-electron chi connectivity index (χ2n) is 19.1. The number of hydrogen-bond donors (Lipinski definition) is 3. The van der Waals surface area contributed by atoms with E-state index in [9.17, 15) is 18.9 Å². The summed E-state index contributed by atoms with van der Waals surface area (Å²) in [4.78, 5) is 65.8. The van der Waals surface area contributed by atoms with Crippen molar-refractivity contribution in [1.29, 1.82) is 0 Å². The second kappa shape index (κ2) is 19.9. The quantitative estimate of drug-likeness (QED) is 0.0851. The molecule has 3 aromatic carbocycles. The Morgan fingerprint density at radius 1 is 0.857 bits per heavy atom. The number of hydrogen-bond acceptors (Lipinski definition) is 15. The van der Waals surface area contributed by atoms with Crippen LogP contribution in [0.1, 0.15) is 57.1 Å². The Kier molecular flexibility index (Phi) is 13.5. The predicted octanol–water partition coefficient (Wildman–Crippen LogP) is 6.85. The first kappa shape index (κ1) is 47.5. The Morgan fingerprint density at radius 2 is 1.60 bits per heavy atom. The standard InChI is InChI=1S/C50H59BrN13O5P/c1-5-31-27-40(56-50-54-29-36(51)47(58-50)55-39-9-8-38-45(53-17-16-52-38)46(39)70(3,4)68)43(69-2)28-42(31)62-20-14-34(15-21-62)61-22-24-63(25-23-61)49(67)32-12-18-60(19-13-32)35-6-7-37-33(26-35)30-64(59-37)41-10-11-44(65)57-48(41)66/h6-9,16-17,26-30,32,34,41H,5,10-15,18-25H2,1-4H3,(H,57,65,66)(H2,54,55,56,58). The maximum Gasteiger partial charge on any atom is 0.251 e. The topological polar surface area (TPSA) is 196 Å². The zero-order valence-corrected chi connectivity index (χ0v) is 42.5. The van der Waals surface area contributed by atoms with Gasteiger partial charge in [-0.15, -0.1) is 0 Å². The highest BCUT2D eigenvalue weighted by Crippen LogP contribution is 2.42. The van der Waals surface area contributed by atoms with Gasteiger partial charge in [0, 0.05) is 118 Å². The van der Waals surface area contributed by atoms with Gasteiger partial charge in [0.1, 0.15) is 30.3 Å². The number of amides is 3. The van der Waals surface area contributed by atoms with Crippen LogP contribution in [0.25, 0.3) is 21.9 Å². The number of nitrogens with zero attached hydrogens (tertiary/aromatic N) is 10. The lowest BCUT2D eigenvalue weighted by Gasteiger charge is -2.44. The molecule has 3 N–H and O–H groups in total. The van der Waals surface area contributed by atoms with E-state index in [1.807, 2.05) is 24.4 Å². The van der Waals surface area contributed by atoms with Crippen LogP contribution in [0.2, 0.25) is 0 Å². The van der Waals surface area contributed by atoms with E-state index in [4.69, 9.17) is 9.72 Å². The van der Waals surface area contributed by atoms with Gasteiger partial charge in [-0.2, -0.15) is 10.1 Å². The molecule has 0 radical (unpaired) electrons. The lowest BCUT2D eigenvalue weighted by atomic mass is 9.94. The summed E-state index contributed by atoms with van der Waals surface area (Å²) in [5, 5.41) is 15.4. The first-order valence-corrected chi connectivity index (χ1v) is 27.6. The SMILES string of the molecule is CCc1cc(Nc2ncc(Br)c(Nc3ccc4nccnc4c3P(C)(C)=O)n2)c(OC)cc1N1CCC(N2CCN(C(=O)C3CCN(c4ccc5nn(C6CCC(=O)NC6=O)cc5c4)CC3)CC2)CC1. The summed E-state index contributed by atoms with van der Waals surface area (Å²) < 4.78 is 21.8. The molecule has 366 valence electrons. The van der Waals surface area contributed by atoms with Gasteiger partial charge in [-0.1, -0.05) is 6.92 Å². The number of halogens is 1. The monoisotopic (exact) mass is 1030 g/mol. The Hall–Kier alpha value is -6.17. The van der Waals surface area contributed by atoms with E-state index in [1.54, 1.807) is 43.7 Å². The van der Waals surface area contributed by atoms with E-state index in [0.29, 0.717) is 62.9 Å². The Labute approximate surface area is 415 Å².